The highest BCUT2D eigenvalue weighted by atomic mass is 32.2. The van der Waals surface area contributed by atoms with Crippen molar-refractivity contribution in [3.63, 3.8) is 0 Å². The van der Waals surface area contributed by atoms with Crippen molar-refractivity contribution in [2.75, 3.05) is 25.2 Å². The minimum Gasteiger partial charge on any atom is -0.469 e. The second-order valence-corrected chi connectivity index (χ2v) is 5.34. The Morgan fingerprint density at radius 3 is 2.38 bits per heavy atom. The standard InChI is InChI=1S/C7H12O5S/c1-12-6(9)7(2-3-8)4-13(10,11)5-7/h8H,2-5H2,1H3. The van der Waals surface area contributed by atoms with Crippen molar-refractivity contribution in [3.05, 3.63) is 0 Å². The van der Waals surface area contributed by atoms with Crippen LogP contribution in [0.5, 0.6) is 0 Å². The van der Waals surface area contributed by atoms with Crippen LogP contribution in [0, 0.1) is 5.41 Å². The zero-order valence-electron chi connectivity index (χ0n) is 7.32. The first-order chi connectivity index (χ1) is 5.96. The number of carbonyl (C=O) groups is 1. The first-order valence-electron chi connectivity index (χ1n) is 3.85. The number of carbonyl (C=O) groups excluding carboxylic acids is 1. The summed E-state index contributed by atoms with van der Waals surface area (Å²) in [6.07, 6.45) is 0.152. The van der Waals surface area contributed by atoms with Crippen LogP contribution in [0.3, 0.4) is 0 Å². The quantitative estimate of drug-likeness (QED) is 0.599. The van der Waals surface area contributed by atoms with E-state index in [0.717, 1.165) is 0 Å². The number of hydrogen-bond donors (Lipinski definition) is 1. The number of esters is 1. The van der Waals surface area contributed by atoms with Crippen LogP contribution in [0.1, 0.15) is 6.42 Å². The molecule has 1 rings (SSSR count). The Labute approximate surface area is 76.6 Å². The van der Waals surface area contributed by atoms with Gasteiger partial charge in [-0.2, -0.15) is 0 Å². The lowest BCUT2D eigenvalue weighted by Gasteiger charge is -2.37. The normalized spacial score (nSPS) is 23.2. The molecule has 0 aromatic rings. The van der Waals surface area contributed by atoms with Gasteiger partial charge in [0, 0.05) is 6.61 Å². The van der Waals surface area contributed by atoms with Gasteiger partial charge in [0.1, 0.15) is 0 Å². The maximum absolute atomic E-state index is 11.2. The number of ether oxygens (including phenoxy) is 1. The lowest BCUT2D eigenvalue weighted by molar-refractivity contribution is -0.151. The van der Waals surface area contributed by atoms with Gasteiger partial charge in [-0.05, 0) is 6.42 Å². The van der Waals surface area contributed by atoms with E-state index >= 15 is 0 Å². The van der Waals surface area contributed by atoms with E-state index in [1.165, 1.54) is 7.11 Å². The van der Waals surface area contributed by atoms with Gasteiger partial charge >= 0.3 is 5.97 Å². The topological polar surface area (TPSA) is 80.7 Å². The molecule has 0 spiro atoms. The Morgan fingerprint density at radius 1 is 1.54 bits per heavy atom. The number of aliphatic hydroxyl groups excluding tert-OH is 1. The molecule has 1 fully saturated rings. The summed E-state index contributed by atoms with van der Waals surface area (Å²) in [5.41, 5.74) is -0.984. The molecule has 0 aromatic heterocycles. The van der Waals surface area contributed by atoms with Crippen LogP contribution < -0.4 is 0 Å². The third-order valence-electron chi connectivity index (χ3n) is 2.20. The van der Waals surface area contributed by atoms with E-state index in [1.807, 2.05) is 0 Å². The Kier molecular flexibility index (Phi) is 2.63. The van der Waals surface area contributed by atoms with Crippen molar-refractivity contribution >= 4 is 15.8 Å². The van der Waals surface area contributed by atoms with Crippen molar-refractivity contribution < 1.29 is 23.1 Å². The molecular formula is C7H12O5S. The summed E-state index contributed by atoms with van der Waals surface area (Å²) < 4.78 is 26.3. The molecule has 1 aliphatic rings. The molecular weight excluding hydrogens is 196 g/mol. The van der Waals surface area contributed by atoms with Crippen LogP contribution in [0.15, 0.2) is 0 Å². The highest BCUT2D eigenvalue weighted by molar-refractivity contribution is 7.93. The molecule has 5 nitrogen and oxygen atoms in total. The number of hydrogen-bond acceptors (Lipinski definition) is 5. The maximum atomic E-state index is 11.2. The van der Waals surface area contributed by atoms with Crippen molar-refractivity contribution in [2.45, 2.75) is 6.42 Å². The van der Waals surface area contributed by atoms with Crippen molar-refractivity contribution in [1.29, 1.82) is 0 Å². The van der Waals surface area contributed by atoms with Crippen LogP contribution in [0.4, 0.5) is 0 Å². The number of aliphatic hydroxyl groups is 1. The van der Waals surface area contributed by atoms with Crippen molar-refractivity contribution in [1.82, 2.24) is 0 Å². The molecule has 0 aromatic carbocycles. The summed E-state index contributed by atoms with van der Waals surface area (Å²) >= 11 is 0. The van der Waals surface area contributed by atoms with E-state index in [4.69, 9.17) is 5.11 Å². The third kappa shape index (κ3) is 1.83. The molecule has 1 N–H and O–H groups in total. The SMILES string of the molecule is COC(=O)C1(CCO)CS(=O)(=O)C1. The number of sulfone groups is 1. The van der Waals surface area contributed by atoms with Crippen molar-refractivity contribution in [2.24, 2.45) is 5.41 Å². The molecule has 1 heterocycles. The summed E-state index contributed by atoms with van der Waals surface area (Å²) in [5, 5.41) is 8.68. The minimum absolute atomic E-state index is 0.152. The van der Waals surface area contributed by atoms with Gasteiger partial charge in [0.25, 0.3) is 0 Å². The molecule has 0 atom stereocenters. The molecule has 0 amide bonds. The molecule has 76 valence electrons. The summed E-state index contributed by atoms with van der Waals surface area (Å²) in [5.74, 6) is -0.947. The van der Waals surface area contributed by atoms with Gasteiger partial charge in [-0.3, -0.25) is 4.79 Å². The molecule has 0 bridgehead atoms. The predicted octanol–water partition coefficient (Wildman–Crippen LogP) is -1.04. The highest BCUT2D eigenvalue weighted by Gasteiger charge is 2.54. The maximum Gasteiger partial charge on any atom is 0.313 e. The average molecular weight is 208 g/mol. The molecule has 1 saturated heterocycles. The molecule has 0 aliphatic carbocycles. The fourth-order valence-corrected chi connectivity index (χ4v) is 3.72. The van der Waals surface area contributed by atoms with Gasteiger partial charge in [0.05, 0.1) is 24.0 Å². The summed E-state index contributed by atoms with van der Waals surface area (Å²) in [6.45, 7) is -0.204. The summed E-state index contributed by atoms with van der Waals surface area (Å²) in [7, 11) is -1.86. The van der Waals surface area contributed by atoms with Crippen LogP contribution in [0.25, 0.3) is 0 Å². The van der Waals surface area contributed by atoms with Gasteiger partial charge in [-0.1, -0.05) is 0 Å². The second kappa shape index (κ2) is 3.26. The summed E-state index contributed by atoms with van der Waals surface area (Å²) in [6, 6.07) is 0. The average Bonchev–Trinajstić information content (AvgIpc) is 1.99. The van der Waals surface area contributed by atoms with Crippen LogP contribution >= 0.6 is 0 Å². The van der Waals surface area contributed by atoms with Gasteiger partial charge in [-0.25, -0.2) is 8.42 Å². The molecule has 6 heteroatoms. The Hall–Kier alpha value is -0.620. The van der Waals surface area contributed by atoms with E-state index in [2.05, 4.69) is 4.74 Å². The molecule has 0 saturated carbocycles. The Balaban J connectivity index is 2.76. The first-order valence-corrected chi connectivity index (χ1v) is 5.68. The van der Waals surface area contributed by atoms with Gasteiger partial charge in [0.2, 0.25) is 0 Å². The van der Waals surface area contributed by atoms with E-state index in [-0.39, 0.29) is 24.5 Å². The predicted molar refractivity (Wildman–Crippen MR) is 44.8 cm³/mol. The molecule has 1 aliphatic heterocycles. The van der Waals surface area contributed by atoms with Crippen LogP contribution in [-0.4, -0.2) is 44.7 Å². The number of methoxy groups -OCH3 is 1. The Morgan fingerprint density at radius 2 is 2.08 bits per heavy atom. The van der Waals surface area contributed by atoms with E-state index in [0.29, 0.717) is 0 Å². The van der Waals surface area contributed by atoms with Gasteiger partial charge in [0.15, 0.2) is 9.84 Å². The second-order valence-electron chi connectivity index (χ2n) is 3.28. The third-order valence-corrected chi connectivity index (χ3v) is 4.19. The lowest BCUT2D eigenvalue weighted by Crippen LogP contribution is -2.54. The van der Waals surface area contributed by atoms with Crippen LogP contribution in [0.2, 0.25) is 0 Å². The Bertz CT molecular complexity index is 293. The molecule has 13 heavy (non-hydrogen) atoms. The summed E-state index contributed by atoms with van der Waals surface area (Å²) in [4.78, 5) is 11.2. The van der Waals surface area contributed by atoms with E-state index in [1.54, 1.807) is 0 Å². The smallest absolute Gasteiger partial charge is 0.313 e. The molecule has 0 radical (unpaired) electrons. The molecule has 0 unspecified atom stereocenters. The van der Waals surface area contributed by atoms with E-state index in [9.17, 15) is 13.2 Å². The fourth-order valence-electron chi connectivity index (χ4n) is 1.59. The number of rotatable bonds is 3. The van der Waals surface area contributed by atoms with Crippen LogP contribution in [-0.2, 0) is 19.4 Å². The zero-order chi connectivity index (χ0) is 10.1. The van der Waals surface area contributed by atoms with Crippen molar-refractivity contribution in [3.8, 4) is 0 Å². The largest absolute Gasteiger partial charge is 0.469 e. The van der Waals surface area contributed by atoms with Gasteiger partial charge < -0.3 is 9.84 Å². The monoisotopic (exact) mass is 208 g/mol. The highest BCUT2D eigenvalue weighted by Crippen LogP contribution is 2.37. The first kappa shape index (κ1) is 10.5. The fraction of sp³-hybridized carbons (Fsp3) is 0.857. The minimum atomic E-state index is -3.08. The van der Waals surface area contributed by atoms with E-state index < -0.39 is 21.2 Å². The zero-order valence-corrected chi connectivity index (χ0v) is 8.13. The lowest BCUT2D eigenvalue weighted by atomic mass is 9.88. The van der Waals surface area contributed by atoms with Gasteiger partial charge in [-0.15, -0.1) is 0 Å².